The molecule has 0 saturated carbocycles. The molecule has 0 unspecified atom stereocenters. The summed E-state index contributed by atoms with van der Waals surface area (Å²) in [6, 6.07) is 18.5. The van der Waals surface area contributed by atoms with Crippen molar-refractivity contribution in [1.29, 1.82) is 0 Å². The lowest BCUT2D eigenvalue weighted by molar-refractivity contribution is -0.113. The molecule has 2 amide bonds. The number of carbonyl (C=O) groups excluding carboxylic acids is 2. The van der Waals surface area contributed by atoms with Crippen molar-refractivity contribution in [2.75, 3.05) is 49.3 Å². The van der Waals surface area contributed by atoms with Gasteiger partial charge in [-0.2, -0.15) is 0 Å². The fourth-order valence-corrected chi connectivity index (χ4v) is 4.68. The van der Waals surface area contributed by atoms with Crippen molar-refractivity contribution >= 4 is 35.0 Å². The summed E-state index contributed by atoms with van der Waals surface area (Å²) in [6.45, 7) is 2.67. The van der Waals surface area contributed by atoms with E-state index >= 15 is 0 Å². The number of benzene rings is 2. The fraction of sp³-hybridized carbons (Fsp3) is 0.222. The molecule has 10 nitrogen and oxygen atoms in total. The first-order chi connectivity index (χ1) is 18.6. The Morgan fingerprint density at radius 3 is 2.45 bits per heavy atom. The van der Waals surface area contributed by atoms with Crippen molar-refractivity contribution in [3.8, 4) is 17.2 Å². The third-order valence-corrected chi connectivity index (χ3v) is 6.90. The first-order valence-electron chi connectivity index (χ1n) is 12.0. The number of nitrogens with zero attached hydrogens (tertiary/aromatic N) is 5. The molecule has 11 heteroatoms. The lowest BCUT2D eigenvalue weighted by Crippen LogP contribution is -2.48. The second-order valence-electron chi connectivity index (χ2n) is 8.47. The van der Waals surface area contributed by atoms with E-state index in [9.17, 15) is 9.59 Å². The Hall–Kier alpha value is -4.38. The Kier molecular flexibility index (Phi) is 7.84. The molecular weight excluding hydrogens is 504 g/mol. The summed E-state index contributed by atoms with van der Waals surface area (Å²) >= 11 is 1.18. The highest BCUT2D eigenvalue weighted by atomic mass is 32.2. The van der Waals surface area contributed by atoms with Gasteiger partial charge in [0.25, 0.3) is 11.1 Å². The van der Waals surface area contributed by atoms with Crippen LogP contribution in [0.5, 0.6) is 5.75 Å². The van der Waals surface area contributed by atoms with Gasteiger partial charge in [0.15, 0.2) is 0 Å². The maximum Gasteiger partial charge on any atom is 0.277 e. The van der Waals surface area contributed by atoms with E-state index in [-0.39, 0.29) is 17.6 Å². The molecular formula is C27H26N6O4S. The van der Waals surface area contributed by atoms with Crippen molar-refractivity contribution in [1.82, 2.24) is 20.1 Å². The van der Waals surface area contributed by atoms with Crippen molar-refractivity contribution < 1.29 is 18.7 Å². The van der Waals surface area contributed by atoms with E-state index in [4.69, 9.17) is 9.15 Å². The van der Waals surface area contributed by atoms with E-state index in [1.54, 1.807) is 43.8 Å². The number of para-hydroxylation sites is 1. The van der Waals surface area contributed by atoms with E-state index in [0.29, 0.717) is 41.2 Å². The molecule has 3 heterocycles. The van der Waals surface area contributed by atoms with Crippen molar-refractivity contribution in [3.05, 3.63) is 78.6 Å². The van der Waals surface area contributed by atoms with Crippen LogP contribution in [0.2, 0.25) is 0 Å². The smallest absolute Gasteiger partial charge is 0.277 e. The zero-order chi connectivity index (χ0) is 26.3. The highest BCUT2D eigenvalue weighted by Gasteiger charge is 2.24. The van der Waals surface area contributed by atoms with Crippen LogP contribution in [0.15, 0.2) is 82.7 Å². The van der Waals surface area contributed by atoms with Gasteiger partial charge < -0.3 is 24.3 Å². The van der Waals surface area contributed by atoms with E-state index in [1.165, 1.54) is 11.8 Å². The number of piperazine rings is 1. The van der Waals surface area contributed by atoms with Gasteiger partial charge in [0.2, 0.25) is 11.8 Å². The first-order valence-corrected chi connectivity index (χ1v) is 13.0. The molecule has 0 bridgehead atoms. The van der Waals surface area contributed by atoms with Crippen LogP contribution < -0.4 is 15.0 Å². The van der Waals surface area contributed by atoms with Gasteiger partial charge in [0.1, 0.15) is 5.75 Å². The number of amides is 2. The minimum atomic E-state index is -0.171. The number of hydrogen-bond acceptors (Lipinski definition) is 9. The Bertz CT molecular complexity index is 1390. The third-order valence-electron chi connectivity index (χ3n) is 6.08. The SMILES string of the molecule is COc1ccccc1C(=O)N1CCN(c2ccc(NC(=O)CSc3nnc(-c4ccncc4)o3)cc2)CC1. The lowest BCUT2D eigenvalue weighted by atomic mass is 10.1. The number of nitrogens with one attached hydrogen (secondary N) is 1. The van der Waals surface area contributed by atoms with Crippen molar-refractivity contribution in [2.24, 2.45) is 0 Å². The van der Waals surface area contributed by atoms with Crippen molar-refractivity contribution in [2.45, 2.75) is 5.22 Å². The summed E-state index contributed by atoms with van der Waals surface area (Å²) in [5, 5.41) is 11.2. The molecule has 2 aromatic heterocycles. The molecule has 1 aliphatic heterocycles. The van der Waals surface area contributed by atoms with Crippen LogP contribution in [0.3, 0.4) is 0 Å². The topological polar surface area (TPSA) is 114 Å². The predicted molar refractivity (Wildman–Crippen MR) is 144 cm³/mol. The molecule has 38 heavy (non-hydrogen) atoms. The van der Waals surface area contributed by atoms with Gasteiger partial charge >= 0.3 is 0 Å². The monoisotopic (exact) mass is 530 g/mol. The summed E-state index contributed by atoms with van der Waals surface area (Å²) < 4.78 is 10.9. The minimum absolute atomic E-state index is 0.0212. The van der Waals surface area contributed by atoms with Crippen LogP contribution in [-0.2, 0) is 4.79 Å². The zero-order valence-corrected chi connectivity index (χ0v) is 21.6. The van der Waals surface area contributed by atoms with E-state index < -0.39 is 0 Å². The van der Waals surface area contributed by atoms with Gasteiger partial charge in [-0.25, -0.2) is 0 Å². The largest absolute Gasteiger partial charge is 0.496 e. The Morgan fingerprint density at radius 2 is 1.71 bits per heavy atom. The van der Waals surface area contributed by atoms with Crippen LogP contribution in [0.1, 0.15) is 10.4 Å². The number of ether oxygens (including phenoxy) is 1. The maximum atomic E-state index is 13.0. The highest BCUT2D eigenvalue weighted by Crippen LogP contribution is 2.25. The second kappa shape index (κ2) is 11.8. The van der Waals surface area contributed by atoms with Gasteiger partial charge in [-0.15, -0.1) is 10.2 Å². The number of methoxy groups -OCH3 is 1. The number of rotatable bonds is 8. The normalized spacial score (nSPS) is 13.3. The van der Waals surface area contributed by atoms with Gasteiger partial charge in [0, 0.05) is 55.5 Å². The number of anilines is 2. The molecule has 0 atom stereocenters. The molecule has 5 rings (SSSR count). The summed E-state index contributed by atoms with van der Waals surface area (Å²) in [5.74, 6) is 0.919. The van der Waals surface area contributed by atoms with E-state index in [1.807, 2.05) is 41.3 Å². The molecule has 4 aromatic rings. The summed E-state index contributed by atoms with van der Waals surface area (Å²) in [6.07, 6.45) is 3.30. The van der Waals surface area contributed by atoms with Crippen molar-refractivity contribution in [3.63, 3.8) is 0 Å². The van der Waals surface area contributed by atoms with Gasteiger partial charge in [-0.1, -0.05) is 23.9 Å². The molecule has 1 aliphatic rings. The van der Waals surface area contributed by atoms with Crippen LogP contribution in [0, 0.1) is 0 Å². The van der Waals surface area contributed by atoms with Crippen LogP contribution in [-0.4, -0.2) is 70.9 Å². The summed E-state index contributed by atoms with van der Waals surface area (Å²) in [7, 11) is 1.57. The van der Waals surface area contributed by atoms with E-state index in [0.717, 1.165) is 24.3 Å². The van der Waals surface area contributed by atoms with Gasteiger partial charge in [0.05, 0.1) is 18.4 Å². The van der Waals surface area contributed by atoms with Gasteiger partial charge in [-0.3, -0.25) is 14.6 Å². The molecule has 1 N–H and O–H groups in total. The molecule has 1 fully saturated rings. The van der Waals surface area contributed by atoms with Crippen LogP contribution in [0.4, 0.5) is 11.4 Å². The maximum absolute atomic E-state index is 13.0. The number of pyridine rings is 1. The van der Waals surface area contributed by atoms with E-state index in [2.05, 4.69) is 25.4 Å². The highest BCUT2D eigenvalue weighted by molar-refractivity contribution is 7.99. The van der Waals surface area contributed by atoms with Crippen LogP contribution in [0.25, 0.3) is 11.5 Å². The molecule has 0 radical (unpaired) electrons. The fourth-order valence-electron chi connectivity index (χ4n) is 4.12. The Labute approximate surface area is 224 Å². The summed E-state index contributed by atoms with van der Waals surface area (Å²) in [5.41, 5.74) is 3.09. The molecule has 1 saturated heterocycles. The predicted octanol–water partition coefficient (Wildman–Crippen LogP) is 3.83. The standard InChI is InChI=1S/C27H26N6O4S/c1-36-23-5-3-2-4-22(23)26(35)33-16-14-32(15-17-33)21-8-6-20(7-9-21)29-24(34)18-38-27-31-30-25(37-27)19-10-12-28-13-11-19/h2-13H,14-18H2,1H3,(H,29,34). The average molecular weight is 531 g/mol. The number of carbonyl (C=O) groups is 2. The number of thioether (sulfide) groups is 1. The molecule has 0 aliphatic carbocycles. The molecule has 194 valence electrons. The molecule has 0 spiro atoms. The molecule has 2 aromatic carbocycles. The minimum Gasteiger partial charge on any atom is -0.496 e. The quantitative estimate of drug-likeness (QED) is 0.340. The third kappa shape index (κ3) is 5.94. The number of aromatic nitrogens is 3. The average Bonchev–Trinajstić information content (AvgIpc) is 3.46. The zero-order valence-electron chi connectivity index (χ0n) is 20.7. The summed E-state index contributed by atoms with van der Waals surface area (Å²) in [4.78, 5) is 33.4. The Balaban J connectivity index is 1.09. The van der Waals surface area contributed by atoms with Gasteiger partial charge in [-0.05, 0) is 48.5 Å². The first kappa shape index (κ1) is 25.3. The lowest BCUT2D eigenvalue weighted by Gasteiger charge is -2.36. The Morgan fingerprint density at radius 1 is 0.974 bits per heavy atom. The van der Waals surface area contributed by atoms with Crippen LogP contribution >= 0.6 is 11.8 Å². The number of hydrogen-bond donors (Lipinski definition) is 1. The second-order valence-corrected chi connectivity index (χ2v) is 9.40.